The summed E-state index contributed by atoms with van der Waals surface area (Å²) in [4.78, 5) is 0. The molecule has 2 aliphatic carbocycles. The Kier molecular flexibility index (Phi) is 5.70. The molecule has 0 radical (unpaired) electrons. The van der Waals surface area contributed by atoms with Crippen molar-refractivity contribution >= 4 is 0 Å². The first-order valence-corrected chi connectivity index (χ1v) is 8.19. The second kappa shape index (κ2) is 7.08. The SMILES string of the molecule is COC1CC(CC2CCC(C)C(OC)C2)CCC1C. The largest absolute Gasteiger partial charge is 0.381 e. The maximum Gasteiger partial charge on any atom is 0.0599 e. The van der Waals surface area contributed by atoms with E-state index < -0.39 is 0 Å². The van der Waals surface area contributed by atoms with Gasteiger partial charge in [0.2, 0.25) is 0 Å². The summed E-state index contributed by atoms with van der Waals surface area (Å²) in [6.07, 6.45) is 10.5. The highest BCUT2D eigenvalue weighted by Gasteiger charge is 2.32. The molecule has 0 heterocycles. The van der Waals surface area contributed by atoms with Gasteiger partial charge in [-0.3, -0.25) is 0 Å². The molecule has 6 atom stereocenters. The van der Waals surface area contributed by atoms with Gasteiger partial charge < -0.3 is 9.47 Å². The Balaban J connectivity index is 1.81. The molecular formula is C17H32O2. The van der Waals surface area contributed by atoms with E-state index in [0.717, 1.165) is 23.7 Å². The second-order valence-electron chi connectivity index (χ2n) is 7.10. The van der Waals surface area contributed by atoms with Gasteiger partial charge in [0, 0.05) is 14.2 Å². The van der Waals surface area contributed by atoms with Crippen molar-refractivity contribution in [1.29, 1.82) is 0 Å². The zero-order chi connectivity index (χ0) is 13.8. The van der Waals surface area contributed by atoms with Crippen LogP contribution in [0.4, 0.5) is 0 Å². The Morgan fingerprint density at radius 3 is 1.53 bits per heavy atom. The van der Waals surface area contributed by atoms with Crippen LogP contribution in [0.5, 0.6) is 0 Å². The fourth-order valence-corrected chi connectivity index (χ4v) is 4.28. The predicted octanol–water partition coefficient (Wildman–Crippen LogP) is 4.28. The maximum atomic E-state index is 5.66. The zero-order valence-electron chi connectivity index (χ0n) is 13.2. The lowest BCUT2D eigenvalue weighted by molar-refractivity contribution is -0.0112. The molecule has 0 saturated heterocycles. The molecule has 0 aromatic heterocycles. The van der Waals surface area contributed by atoms with Gasteiger partial charge in [-0.2, -0.15) is 0 Å². The fraction of sp³-hybridized carbons (Fsp3) is 1.00. The fourth-order valence-electron chi connectivity index (χ4n) is 4.28. The van der Waals surface area contributed by atoms with Gasteiger partial charge >= 0.3 is 0 Å². The smallest absolute Gasteiger partial charge is 0.0599 e. The van der Waals surface area contributed by atoms with E-state index in [1.165, 1.54) is 44.9 Å². The van der Waals surface area contributed by atoms with Crippen LogP contribution in [0.3, 0.4) is 0 Å². The van der Waals surface area contributed by atoms with Crippen molar-refractivity contribution in [2.75, 3.05) is 14.2 Å². The zero-order valence-corrected chi connectivity index (χ0v) is 13.2. The van der Waals surface area contributed by atoms with Gasteiger partial charge in [0.05, 0.1) is 12.2 Å². The lowest BCUT2D eigenvalue weighted by Gasteiger charge is -2.38. The van der Waals surface area contributed by atoms with Crippen LogP contribution in [-0.2, 0) is 9.47 Å². The molecule has 2 fully saturated rings. The third kappa shape index (κ3) is 3.95. The Hall–Kier alpha value is -0.0800. The third-order valence-electron chi connectivity index (χ3n) is 5.73. The van der Waals surface area contributed by atoms with Crippen LogP contribution in [0.1, 0.15) is 58.8 Å². The molecule has 0 bridgehead atoms. The molecule has 112 valence electrons. The first-order valence-electron chi connectivity index (χ1n) is 8.19. The monoisotopic (exact) mass is 268 g/mol. The van der Waals surface area contributed by atoms with Crippen LogP contribution in [0.15, 0.2) is 0 Å². The number of rotatable bonds is 4. The van der Waals surface area contributed by atoms with Crippen LogP contribution < -0.4 is 0 Å². The Bertz CT molecular complexity index is 240. The highest BCUT2D eigenvalue weighted by molar-refractivity contribution is 4.84. The first-order chi connectivity index (χ1) is 9.13. The quantitative estimate of drug-likeness (QED) is 0.757. The van der Waals surface area contributed by atoms with Crippen molar-refractivity contribution in [2.24, 2.45) is 23.7 Å². The molecule has 0 N–H and O–H groups in total. The number of ether oxygens (including phenoxy) is 2. The Morgan fingerprint density at radius 1 is 0.737 bits per heavy atom. The predicted molar refractivity (Wildman–Crippen MR) is 79.2 cm³/mol. The minimum absolute atomic E-state index is 0.500. The highest BCUT2D eigenvalue weighted by Crippen LogP contribution is 2.39. The van der Waals surface area contributed by atoms with Crippen molar-refractivity contribution < 1.29 is 9.47 Å². The van der Waals surface area contributed by atoms with Gasteiger partial charge in [-0.15, -0.1) is 0 Å². The molecule has 2 nitrogen and oxygen atoms in total. The summed E-state index contributed by atoms with van der Waals surface area (Å²) in [5, 5.41) is 0. The summed E-state index contributed by atoms with van der Waals surface area (Å²) < 4.78 is 11.3. The van der Waals surface area contributed by atoms with Crippen molar-refractivity contribution in [1.82, 2.24) is 0 Å². The van der Waals surface area contributed by atoms with Gasteiger partial charge in [0.25, 0.3) is 0 Å². The van der Waals surface area contributed by atoms with Crippen LogP contribution in [0.2, 0.25) is 0 Å². The average molecular weight is 268 g/mol. The van der Waals surface area contributed by atoms with Crippen LogP contribution in [-0.4, -0.2) is 26.4 Å². The standard InChI is InChI=1S/C17H32O2/c1-12-5-7-14(10-16(12)18-3)9-15-8-6-13(2)17(11-15)19-4/h12-17H,5-11H2,1-4H3. The van der Waals surface area contributed by atoms with Crippen molar-refractivity contribution in [3.05, 3.63) is 0 Å². The molecule has 6 unspecified atom stereocenters. The van der Waals surface area contributed by atoms with E-state index >= 15 is 0 Å². The molecule has 0 spiro atoms. The molecule has 2 aliphatic rings. The normalized spacial score (nSPS) is 44.2. The summed E-state index contributed by atoms with van der Waals surface area (Å²) >= 11 is 0. The van der Waals surface area contributed by atoms with E-state index in [-0.39, 0.29) is 0 Å². The van der Waals surface area contributed by atoms with Gasteiger partial charge in [0.1, 0.15) is 0 Å². The highest BCUT2D eigenvalue weighted by atomic mass is 16.5. The summed E-state index contributed by atoms with van der Waals surface area (Å²) in [5.74, 6) is 3.27. The van der Waals surface area contributed by atoms with Gasteiger partial charge in [0.15, 0.2) is 0 Å². The van der Waals surface area contributed by atoms with Crippen molar-refractivity contribution in [3.8, 4) is 0 Å². The molecular weight excluding hydrogens is 236 g/mol. The molecule has 0 amide bonds. The van der Waals surface area contributed by atoms with E-state index in [1.54, 1.807) is 0 Å². The minimum atomic E-state index is 0.500. The average Bonchev–Trinajstić information content (AvgIpc) is 2.43. The number of methoxy groups -OCH3 is 2. The Labute approximate surface area is 119 Å². The molecule has 2 heteroatoms. The summed E-state index contributed by atoms with van der Waals surface area (Å²) in [7, 11) is 3.76. The summed E-state index contributed by atoms with van der Waals surface area (Å²) in [5.41, 5.74) is 0. The number of hydrogen-bond donors (Lipinski definition) is 0. The lowest BCUT2D eigenvalue weighted by Crippen LogP contribution is -2.33. The van der Waals surface area contributed by atoms with Crippen LogP contribution in [0.25, 0.3) is 0 Å². The van der Waals surface area contributed by atoms with Crippen molar-refractivity contribution in [3.63, 3.8) is 0 Å². The summed E-state index contributed by atoms with van der Waals surface area (Å²) in [6.45, 7) is 4.68. The number of hydrogen-bond acceptors (Lipinski definition) is 2. The minimum Gasteiger partial charge on any atom is -0.381 e. The van der Waals surface area contributed by atoms with E-state index in [4.69, 9.17) is 9.47 Å². The topological polar surface area (TPSA) is 18.5 Å². The van der Waals surface area contributed by atoms with Crippen LogP contribution >= 0.6 is 0 Å². The molecule has 0 aromatic carbocycles. The molecule has 2 saturated carbocycles. The summed E-state index contributed by atoms with van der Waals surface area (Å²) in [6, 6.07) is 0. The lowest BCUT2D eigenvalue weighted by atomic mass is 9.72. The van der Waals surface area contributed by atoms with E-state index in [9.17, 15) is 0 Å². The molecule has 19 heavy (non-hydrogen) atoms. The first kappa shape index (κ1) is 15.3. The molecule has 0 aliphatic heterocycles. The van der Waals surface area contributed by atoms with Gasteiger partial charge in [-0.05, 0) is 68.6 Å². The maximum absolute atomic E-state index is 5.66. The molecule has 2 rings (SSSR count). The van der Waals surface area contributed by atoms with E-state index in [0.29, 0.717) is 12.2 Å². The second-order valence-corrected chi connectivity index (χ2v) is 7.10. The third-order valence-corrected chi connectivity index (χ3v) is 5.73. The van der Waals surface area contributed by atoms with Gasteiger partial charge in [-0.1, -0.05) is 13.8 Å². The van der Waals surface area contributed by atoms with Crippen molar-refractivity contribution in [2.45, 2.75) is 71.0 Å². The van der Waals surface area contributed by atoms with E-state index in [2.05, 4.69) is 13.8 Å². The molecule has 0 aromatic rings. The van der Waals surface area contributed by atoms with Gasteiger partial charge in [-0.25, -0.2) is 0 Å². The van der Waals surface area contributed by atoms with E-state index in [1.807, 2.05) is 14.2 Å². The Morgan fingerprint density at radius 2 is 1.16 bits per heavy atom. The van der Waals surface area contributed by atoms with Crippen LogP contribution in [0, 0.1) is 23.7 Å².